The summed E-state index contributed by atoms with van der Waals surface area (Å²) in [5, 5.41) is 0.842. The number of aromatic amines is 1. The number of rotatable bonds is 2. The van der Waals surface area contributed by atoms with Crippen LogP contribution in [0, 0.1) is 6.92 Å². The zero-order chi connectivity index (χ0) is 16.6. The van der Waals surface area contributed by atoms with Crippen LogP contribution in [0.2, 0.25) is 5.02 Å². The van der Waals surface area contributed by atoms with Crippen molar-refractivity contribution < 1.29 is 9.53 Å². The Kier molecular flexibility index (Phi) is 3.88. The first-order valence-corrected chi connectivity index (χ1v) is 7.27. The Morgan fingerprint density at radius 1 is 1.30 bits per heavy atom. The van der Waals surface area contributed by atoms with E-state index in [-0.39, 0.29) is 11.1 Å². The van der Waals surface area contributed by atoms with Crippen molar-refractivity contribution in [3.63, 3.8) is 0 Å². The maximum absolute atomic E-state index is 12.4. The first kappa shape index (κ1) is 15.2. The van der Waals surface area contributed by atoms with E-state index in [0.717, 1.165) is 0 Å². The zero-order valence-corrected chi connectivity index (χ0v) is 13.3. The van der Waals surface area contributed by atoms with Crippen molar-refractivity contribution in [2.24, 2.45) is 0 Å². The van der Waals surface area contributed by atoms with E-state index in [1.807, 2.05) is 0 Å². The molecule has 0 aliphatic heterocycles. The molecule has 3 rings (SSSR count). The highest BCUT2D eigenvalue weighted by Gasteiger charge is 2.22. The number of ether oxygens (including phenoxy) is 1. The molecule has 5 nitrogen and oxygen atoms in total. The van der Waals surface area contributed by atoms with E-state index >= 15 is 0 Å². The Hall–Kier alpha value is -2.66. The van der Waals surface area contributed by atoms with Crippen molar-refractivity contribution >= 4 is 28.5 Å². The number of hydrogen-bond donors (Lipinski definition) is 1. The molecule has 23 heavy (non-hydrogen) atoms. The standard InChI is InChI=1S/C17H13ClN2O3/c1-9-13(17(22)23-2)14(10-4-3-5-11(18)8-10)15-12(20-9)6-7-19-16(15)21/h3-8H,1-2H3,(H,19,21). The number of halogens is 1. The molecule has 0 saturated carbocycles. The minimum Gasteiger partial charge on any atom is -0.465 e. The molecule has 0 spiro atoms. The van der Waals surface area contributed by atoms with Crippen LogP contribution in [0.3, 0.4) is 0 Å². The van der Waals surface area contributed by atoms with Crippen molar-refractivity contribution in [1.82, 2.24) is 9.97 Å². The quantitative estimate of drug-likeness (QED) is 0.732. The first-order valence-electron chi connectivity index (χ1n) is 6.89. The Labute approximate surface area is 136 Å². The Balaban J connectivity index is 2.54. The molecule has 1 N–H and O–H groups in total. The molecule has 0 fully saturated rings. The van der Waals surface area contributed by atoms with Gasteiger partial charge in [0.2, 0.25) is 0 Å². The fraction of sp³-hybridized carbons (Fsp3) is 0.118. The van der Waals surface area contributed by atoms with Crippen LogP contribution in [0.4, 0.5) is 0 Å². The molecule has 2 heterocycles. The third-order valence-electron chi connectivity index (χ3n) is 3.59. The number of aryl methyl sites for hydroxylation is 1. The molecule has 0 radical (unpaired) electrons. The van der Waals surface area contributed by atoms with Gasteiger partial charge in [-0.2, -0.15) is 0 Å². The van der Waals surface area contributed by atoms with Gasteiger partial charge in [-0.05, 0) is 30.7 Å². The average Bonchev–Trinajstić information content (AvgIpc) is 2.53. The number of nitrogens with one attached hydrogen (secondary N) is 1. The van der Waals surface area contributed by atoms with Crippen LogP contribution in [-0.2, 0) is 4.74 Å². The lowest BCUT2D eigenvalue weighted by Crippen LogP contribution is -2.14. The van der Waals surface area contributed by atoms with E-state index in [4.69, 9.17) is 16.3 Å². The monoisotopic (exact) mass is 328 g/mol. The normalized spacial score (nSPS) is 10.7. The van der Waals surface area contributed by atoms with Gasteiger partial charge in [-0.15, -0.1) is 0 Å². The third kappa shape index (κ3) is 2.59. The first-order chi connectivity index (χ1) is 11.0. The van der Waals surface area contributed by atoms with Gasteiger partial charge in [0, 0.05) is 16.8 Å². The fourth-order valence-electron chi connectivity index (χ4n) is 2.63. The molecule has 0 unspecified atom stereocenters. The predicted molar refractivity (Wildman–Crippen MR) is 88.9 cm³/mol. The van der Waals surface area contributed by atoms with Crippen molar-refractivity contribution in [2.75, 3.05) is 7.11 Å². The summed E-state index contributed by atoms with van der Waals surface area (Å²) in [5.41, 5.74) is 2.07. The number of hydrogen-bond acceptors (Lipinski definition) is 4. The SMILES string of the molecule is COC(=O)c1c(C)nc2cc[nH]c(=O)c2c1-c1cccc(Cl)c1. The molecule has 0 atom stereocenters. The molecular weight excluding hydrogens is 316 g/mol. The van der Waals surface area contributed by atoms with Gasteiger partial charge in [-0.1, -0.05) is 23.7 Å². The van der Waals surface area contributed by atoms with Crippen molar-refractivity contribution in [3.05, 3.63) is 63.2 Å². The summed E-state index contributed by atoms with van der Waals surface area (Å²) >= 11 is 6.07. The maximum Gasteiger partial charge on any atom is 0.340 e. The van der Waals surface area contributed by atoms with E-state index < -0.39 is 5.97 Å². The zero-order valence-electron chi connectivity index (χ0n) is 12.5. The summed E-state index contributed by atoms with van der Waals surface area (Å²) in [6, 6.07) is 8.67. The third-order valence-corrected chi connectivity index (χ3v) is 3.83. The Morgan fingerprint density at radius 2 is 2.09 bits per heavy atom. The predicted octanol–water partition coefficient (Wildman–Crippen LogP) is 3.34. The van der Waals surface area contributed by atoms with Crippen molar-refractivity contribution in [1.29, 1.82) is 0 Å². The summed E-state index contributed by atoms with van der Waals surface area (Å²) < 4.78 is 4.87. The van der Waals surface area contributed by atoms with Crippen LogP contribution in [-0.4, -0.2) is 23.0 Å². The Bertz CT molecular complexity index is 979. The van der Waals surface area contributed by atoms with Crippen LogP contribution in [0.1, 0.15) is 16.1 Å². The smallest absolute Gasteiger partial charge is 0.340 e. The number of carbonyl (C=O) groups excluding carboxylic acids is 1. The fourth-order valence-corrected chi connectivity index (χ4v) is 2.82. The molecular formula is C17H13ClN2O3. The van der Waals surface area contributed by atoms with Crippen LogP contribution in [0.25, 0.3) is 22.0 Å². The molecule has 0 aliphatic rings. The molecule has 6 heteroatoms. The minimum absolute atomic E-state index is 0.263. The number of nitrogens with zero attached hydrogens (tertiary/aromatic N) is 1. The molecule has 0 bridgehead atoms. The van der Waals surface area contributed by atoms with E-state index in [1.54, 1.807) is 37.3 Å². The van der Waals surface area contributed by atoms with E-state index in [1.165, 1.54) is 13.3 Å². The highest BCUT2D eigenvalue weighted by molar-refractivity contribution is 6.31. The lowest BCUT2D eigenvalue weighted by molar-refractivity contribution is 0.0600. The molecule has 0 saturated heterocycles. The second-order valence-electron chi connectivity index (χ2n) is 5.02. The van der Waals surface area contributed by atoms with Gasteiger partial charge in [-0.3, -0.25) is 9.78 Å². The molecule has 2 aromatic heterocycles. The molecule has 0 amide bonds. The highest BCUT2D eigenvalue weighted by Crippen LogP contribution is 2.32. The second kappa shape index (κ2) is 5.85. The second-order valence-corrected chi connectivity index (χ2v) is 5.45. The Morgan fingerprint density at radius 3 is 2.78 bits per heavy atom. The summed E-state index contributed by atoms with van der Waals surface area (Å²) in [7, 11) is 1.29. The van der Waals surface area contributed by atoms with Crippen molar-refractivity contribution in [2.45, 2.75) is 6.92 Å². The highest BCUT2D eigenvalue weighted by atomic mass is 35.5. The number of carbonyl (C=O) groups is 1. The van der Waals surface area contributed by atoms with Gasteiger partial charge >= 0.3 is 5.97 Å². The lowest BCUT2D eigenvalue weighted by atomic mass is 9.95. The topological polar surface area (TPSA) is 72.0 Å². The van der Waals surface area contributed by atoms with Crippen LogP contribution in [0.15, 0.2) is 41.3 Å². The largest absolute Gasteiger partial charge is 0.465 e. The van der Waals surface area contributed by atoms with E-state index in [2.05, 4.69) is 9.97 Å². The lowest BCUT2D eigenvalue weighted by Gasteiger charge is -2.13. The molecule has 3 aromatic rings. The maximum atomic E-state index is 12.4. The van der Waals surface area contributed by atoms with Gasteiger partial charge < -0.3 is 9.72 Å². The molecule has 116 valence electrons. The average molecular weight is 329 g/mol. The number of H-pyrrole nitrogens is 1. The number of esters is 1. The van der Waals surface area contributed by atoms with Gasteiger partial charge in [0.25, 0.3) is 5.56 Å². The van der Waals surface area contributed by atoms with Gasteiger partial charge in [0.15, 0.2) is 0 Å². The summed E-state index contributed by atoms with van der Waals surface area (Å²) in [5.74, 6) is -0.546. The summed E-state index contributed by atoms with van der Waals surface area (Å²) in [6.07, 6.45) is 1.52. The van der Waals surface area contributed by atoms with Crippen molar-refractivity contribution in [3.8, 4) is 11.1 Å². The van der Waals surface area contributed by atoms with Gasteiger partial charge in [0.05, 0.1) is 29.3 Å². The van der Waals surface area contributed by atoms with E-state index in [0.29, 0.717) is 32.7 Å². The van der Waals surface area contributed by atoms with Gasteiger partial charge in [0.1, 0.15) is 0 Å². The number of fused-ring (bicyclic) bond motifs is 1. The summed E-state index contributed by atoms with van der Waals surface area (Å²) in [4.78, 5) is 31.6. The molecule has 1 aromatic carbocycles. The van der Waals surface area contributed by atoms with Gasteiger partial charge in [-0.25, -0.2) is 4.79 Å². The van der Waals surface area contributed by atoms with E-state index in [9.17, 15) is 9.59 Å². The number of aromatic nitrogens is 2. The summed E-state index contributed by atoms with van der Waals surface area (Å²) in [6.45, 7) is 1.71. The number of benzene rings is 1. The van der Waals surface area contributed by atoms with Crippen LogP contribution in [0.5, 0.6) is 0 Å². The van der Waals surface area contributed by atoms with Crippen LogP contribution >= 0.6 is 11.6 Å². The van der Waals surface area contributed by atoms with Crippen LogP contribution < -0.4 is 5.56 Å². The number of methoxy groups -OCH3 is 1. The molecule has 0 aliphatic carbocycles. The number of pyridine rings is 2. The minimum atomic E-state index is -0.546.